The smallest absolute Gasteiger partial charge is 0.321 e. The number of hydrogen-bond acceptors (Lipinski definition) is 3. The molecule has 2 aromatic rings. The normalized spacial score (nSPS) is 23.2. The van der Waals surface area contributed by atoms with E-state index in [9.17, 15) is 9.59 Å². The molecule has 1 aliphatic carbocycles. The minimum Gasteiger partial charge on any atom is -0.461 e. The number of carbonyl (C=O) groups is 2. The quantitative estimate of drug-likeness (QED) is 0.370. The molecule has 0 saturated heterocycles. The van der Waals surface area contributed by atoms with Gasteiger partial charge in [-0.3, -0.25) is 9.59 Å². The Kier molecular flexibility index (Phi) is 6.66. The van der Waals surface area contributed by atoms with E-state index >= 15 is 0 Å². The van der Waals surface area contributed by atoms with Crippen LogP contribution in [0.1, 0.15) is 61.9 Å². The van der Waals surface area contributed by atoms with Crippen LogP contribution in [0, 0.1) is 17.8 Å². The van der Waals surface area contributed by atoms with Crippen LogP contribution in [0.5, 0.6) is 0 Å². The van der Waals surface area contributed by atoms with E-state index < -0.39 is 11.9 Å². The molecule has 2 aromatic carbocycles. The van der Waals surface area contributed by atoms with E-state index in [0.717, 1.165) is 12.8 Å². The van der Waals surface area contributed by atoms with Gasteiger partial charge in [-0.1, -0.05) is 87.9 Å². The molecule has 0 amide bonds. The number of carbonyl (C=O) groups excluding carboxylic acids is 2. The minimum atomic E-state index is -0.923. The highest BCUT2D eigenvalue weighted by molar-refractivity contribution is 6.13. The number of ether oxygens (including phenoxy) is 1. The Morgan fingerprint density at radius 1 is 0.929 bits per heavy atom. The van der Waals surface area contributed by atoms with Crippen molar-refractivity contribution in [1.82, 2.24) is 0 Å². The van der Waals surface area contributed by atoms with Crippen molar-refractivity contribution in [2.24, 2.45) is 17.8 Å². The Hall–Kier alpha value is -2.42. The second-order valence-corrected chi connectivity index (χ2v) is 8.38. The molecule has 1 saturated carbocycles. The molecule has 3 heteroatoms. The van der Waals surface area contributed by atoms with Crippen LogP contribution in [-0.2, 0) is 9.53 Å². The van der Waals surface area contributed by atoms with E-state index in [-0.39, 0.29) is 11.9 Å². The van der Waals surface area contributed by atoms with Crippen LogP contribution in [0.15, 0.2) is 60.7 Å². The second-order valence-electron chi connectivity index (χ2n) is 8.38. The largest absolute Gasteiger partial charge is 0.461 e. The van der Waals surface area contributed by atoms with Gasteiger partial charge < -0.3 is 4.74 Å². The number of benzene rings is 2. The van der Waals surface area contributed by atoms with Crippen LogP contribution in [0.4, 0.5) is 0 Å². The molecular weight excluding hydrogens is 348 g/mol. The Morgan fingerprint density at radius 3 is 2.14 bits per heavy atom. The first-order valence-electron chi connectivity index (χ1n) is 10.3. The summed E-state index contributed by atoms with van der Waals surface area (Å²) in [7, 11) is 0. The zero-order chi connectivity index (χ0) is 20.1. The maximum atomic E-state index is 13.3. The van der Waals surface area contributed by atoms with Crippen molar-refractivity contribution in [3.05, 3.63) is 71.8 Å². The summed E-state index contributed by atoms with van der Waals surface area (Å²) in [5.74, 6) is -0.221. The number of rotatable bonds is 6. The van der Waals surface area contributed by atoms with Gasteiger partial charge in [0.15, 0.2) is 5.78 Å². The molecule has 0 N–H and O–H groups in total. The molecule has 0 radical (unpaired) electrons. The maximum Gasteiger partial charge on any atom is 0.321 e. The van der Waals surface area contributed by atoms with Crippen LogP contribution >= 0.6 is 0 Å². The number of ketones is 1. The van der Waals surface area contributed by atoms with Crippen molar-refractivity contribution in [3.63, 3.8) is 0 Å². The third-order valence-corrected chi connectivity index (χ3v) is 5.92. The van der Waals surface area contributed by atoms with Gasteiger partial charge in [0, 0.05) is 5.56 Å². The highest BCUT2D eigenvalue weighted by Crippen LogP contribution is 2.36. The van der Waals surface area contributed by atoms with Crippen molar-refractivity contribution < 1.29 is 14.3 Å². The second kappa shape index (κ2) is 9.18. The van der Waals surface area contributed by atoms with E-state index in [4.69, 9.17) is 4.74 Å². The summed E-state index contributed by atoms with van der Waals surface area (Å²) >= 11 is 0. The third-order valence-electron chi connectivity index (χ3n) is 5.92. The summed E-state index contributed by atoms with van der Waals surface area (Å²) in [6.07, 6.45) is 2.99. The van der Waals surface area contributed by atoms with Crippen molar-refractivity contribution in [2.45, 2.75) is 52.1 Å². The van der Waals surface area contributed by atoms with Crippen molar-refractivity contribution in [2.75, 3.05) is 0 Å². The van der Waals surface area contributed by atoms with Gasteiger partial charge in [0.2, 0.25) is 0 Å². The van der Waals surface area contributed by atoms with Crippen LogP contribution in [-0.4, -0.2) is 17.9 Å². The van der Waals surface area contributed by atoms with Gasteiger partial charge in [-0.15, -0.1) is 0 Å². The van der Waals surface area contributed by atoms with E-state index in [1.807, 2.05) is 48.5 Å². The summed E-state index contributed by atoms with van der Waals surface area (Å²) in [6.45, 7) is 6.58. The number of esters is 1. The Bertz CT molecular complexity index is 782. The van der Waals surface area contributed by atoms with Crippen LogP contribution < -0.4 is 0 Å². The lowest BCUT2D eigenvalue weighted by molar-refractivity contribution is -0.156. The molecule has 0 unspecified atom stereocenters. The van der Waals surface area contributed by atoms with Gasteiger partial charge in [0.1, 0.15) is 12.0 Å². The lowest BCUT2D eigenvalue weighted by atomic mass is 9.75. The lowest BCUT2D eigenvalue weighted by Gasteiger charge is -2.37. The maximum absolute atomic E-state index is 13.3. The van der Waals surface area contributed by atoms with Crippen LogP contribution in [0.3, 0.4) is 0 Å². The lowest BCUT2D eigenvalue weighted by Crippen LogP contribution is -2.38. The molecular formula is C25H30O3. The SMILES string of the molecule is CC(C)[C@H]1CC[C@@H](C)C[C@H]1OC(=O)[C@H](C(=O)c1ccccc1)c1ccccc1. The fourth-order valence-corrected chi connectivity index (χ4v) is 4.28. The monoisotopic (exact) mass is 378 g/mol. The van der Waals surface area contributed by atoms with Crippen LogP contribution in [0.25, 0.3) is 0 Å². The Balaban J connectivity index is 1.87. The molecule has 0 bridgehead atoms. The van der Waals surface area contributed by atoms with E-state index in [0.29, 0.717) is 28.9 Å². The molecule has 1 aliphatic rings. The van der Waals surface area contributed by atoms with Gasteiger partial charge in [-0.2, -0.15) is 0 Å². The van der Waals surface area contributed by atoms with Crippen LogP contribution in [0.2, 0.25) is 0 Å². The van der Waals surface area contributed by atoms with Gasteiger partial charge in [-0.25, -0.2) is 0 Å². The first kappa shape index (κ1) is 20.3. The molecule has 28 heavy (non-hydrogen) atoms. The zero-order valence-corrected chi connectivity index (χ0v) is 17.0. The van der Waals surface area contributed by atoms with Crippen molar-refractivity contribution >= 4 is 11.8 Å². The molecule has 0 aromatic heterocycles. The van der Waals surface area contributed by atoms with Crippen molar-refractivity contribution in [3.8, 4) is 0 Å². The van der Waals surface area contributed by atoms with Gasteiger partial charge in [0.25, 0.3) is 0 Å². The van der Waals surface area contributed by atoms with Gasteiger partial charge >= 0.3 is 5.97 Å². The standard InChI is InChI=1S/C25H30O3/c1-17(2)21-15-14-18(3)16-22(21)28-25(27)23(19-10-6-4-7-11-19)24(26)20-12-8-5-9-13-20/h4-13,17-18,21-23H,14-16H2,1-3H3/t18-,21-,22-,23+/m1/s1. The minimum absolute atomic E-state index is 0.119. The summed E-state index contributed by atoms with van der Waals surface area (Å²) in [5, 5.41) is 0. The predicted octanol–water partition coefficient (Wildman–Crippen LogP) is 5.66. The Morgan fingerprint density at radius 2 is 1.54 bits per heavy atom. The molecule has 0 heterocycles. The molecule has 0 aliphatic heterocycles. The molecule has 1 fully saturated rings. The highest BCUT2D eigenvalue weighted by atomic mass is 16.5. The highest BCUT2D eigenvalue weighted by Gasteiger charge is 2.37. The molecule has 0 spiro atoms. The van der Waals surface area contributed by atoms with Crippen molar-refractivity contribution in [1.29, 1.82) is 0 Å². The summed E-state index contributed by atoms with van der Waals surface area (Å²) in [4.78, 5) is 26.5. The molecule has 148 valence electrons. The fourth-order valence-electron chi connectivity index (χ4n) is 4.28. The topological polar surface area (TPSA) is 43.4 Å². The van der Waals surface area contributed by atoms with E-state index in [2.05, 4.69) is 20.8 Å². The first-order valence-corrected chi connectivity index (χ1v) is 10.3. The van der Waals surface area contributed by atoms with E-state index in [1.165, 1.54) is 6.42 Å². The Labute approximate surface area is 168 Å². The predicted molar refractivity (Wildman–Crippen MR) is 111 cm³/mol. The van der Waals surface area contributed by atoms with E-state index in [1.54, 1.807) is 12.1 Å². The number of hydrogen-bond donors (Lipinski definition) is 0. The molecule has 3 nitrogen and oxygen atoms in total. The summed E-state index contributed by atoms with van der Waals surface area (Å²) in [5.41, 5.74) is 1.22. The molecule has 3 rings (SSSR count). The van der Waals surface area contributed by atoms with Gasteiger partial charge in [-0.05, 0) is 36.2 Å². The average molecular weight is 379 g/mol. The first-order chi connectivity index (χ1) is 13.5. The number of Topliss-reactive ketones (excluding diaryl/α,β-unsaturated/α-hetero) is 1. The summed E-state index contributed by atoms with van der Waals surface area (Å²) in [6, 6.07) is 18.3. The molecule has 4 atom stereocenters. The van der Waals surface area contributed by atoms with Gasteiger partial charge in [0.05, 0.1) is 0 Å². The zero-order valence-electron chi connectivity index (χ0n) is 17.0. The fraction of sp³-hybridized carbons (Fsp3) is 0.440. The third kappa shape index (κ3) is 4.70. The summed E-state index contributed by atoms with van der Waals surface area (Å²) < 4.78 is 6.04. The average Bonchev–Trinajstić information content (AvgIpc) is 2.69.